The number of rotatable bonds is 4. The standard InChI is InChI=1S/C17H16BrClN2O2/c1-10-9-12(7-8-14(10)18)21-16(22)11(2)20-17(23)13-5-3-4-6-15(13)19/h3-9,11H,1-2H3,(H,20,23)(H,21,22)/t11-/m0/s1. The molecule has 0 aliphatic rings. The van der Waals surface area contributed by atoms with Crippen LogP contribution in [0.15, 0.2) is 46.9 Å². The Bertz CT molecular complexity index is 749. The highest BCUT2D eigenvalue weighted by Gasteiger charge is 2.18. The molecule has 0 aliphatic heterocycles. The van der Waals surface area contributed by atoms with Crippen molar-refractivity contribution in [3.05, 3.63) is 63.1 Å². The molecular weight excluding hydrogens is 380 g/mol. The lowest BCUT2D eigenvalue weighted by molar-refractivity contribution is -0.117. The fourth-order valence-corrected chi connectivity index (χ4v) is 2.43. The zero-order valence-electron chi connectivity index (χ0n) is 12.7. The van der Waals surface area contributed by atoms with Gasteiger partial charge in [0, 0.05) is 10.2 Å². The van der Waals surface area contributed by atoms with Crippen molar-refractivity contribution < 1.29 is 9.59 Å². The van der Waals surface area contributed by atoms with Crippen molar-refractivity contribution in [3.8, 4) is 0 Å². The third-order valence-electron chi connectivity index (χ3n) is 3.28. The molecule has 0 saturated heterocycles. The predicted molar refractivity (Wildman–Crippen MR) is 95.9 cm³/mol. The van der Waals surface area contributed by atoms with E-state index in [-0.39, 0.29) is 11.8 Å². The van der Waals surface area contributed by atoms with Crippen LogP contribution in [0, 0.1) is 6.92 Å². The molecule has 0 saturated carbocycles. The van der Waals surface area contributed by atoms with Gasteiger partial charge in [0.05, 0.1) is 10.6 Å². The second-order valence-electron chi connectivity index (χ2n) is 5.13. The molecule has 2 rings (SSSR count). The van der Waals surface area contributed by atoms with Crippen LogP contribution in [0.3, 0.4) is 0 Å². The van der Waals surface area contributed by atoms with Crippen LogP contribution in [-0.2, 0) is 4.79 Å². The molecule has 0 spiro atoms. The van der Waals surface area contributed by atoms with Crippen LogP contribution < -0.4 is 10.6 Å². The fourth-order valence-electron chi connectivity index (χ4n) is 1.96. The van der Waals surface area contributed by atoms with Gasteiger partial charge >= 0.3 is 0 Å². The molecule has 0 heterocycles. The number of halogens is 2. The molecule has 0 unspecified atom stereocenters. The molecule has 0 bridgehead atoms. The van der Waals surface area contributed by atoms with E-state index in [9.17, 15) is 9.59 Å². The van der Waals surface area contributed by atoms with Crippen LogP contribution in [-0.4, -0.2) is 17.9 Å². The summed E-state index contributed by atoms with van der Waals surface area (Å²) in [5, 5.41) is 5.76. The van der Waals surface area contributed by atoms with E-state index in [2.05, 4.69) is 26.6 Å². The van der Waals surface area contributed by atoms with Crippen LogP contribution in [0.2, 0.25) is 5.02 Å². The average Bonchev–Trinajstić information content (AvgIpc) is 2.51. The van der Waals surface area contributed by atoms with Crippen molar-refractivity contribution in [1.82, 2.24) is 5.32 Å². The zero-order valence-corrected chi connectivity index (χ0v) is 15.0. The summed E-state index contributed by atoms with van der Waals surface area (Å²) in [6, 6.07) is 11.5. The monoisotopic (exact) mass is 394 g/mol. The third kappa shape index (κ3) is 4.56. The maximum absolute atomic E-state index is 12.2. The van der Waals surface area contributed by atoms with Crippen LogP contribution >= 0.6 is 27.5 Å². The Labute approximate surface area is 148 Å². The summed E-state index contributed by atoms with van der Waals surface area (Å²) in [5.74, 6) is -0.683. The molecule has 2 amide bonds. The fraction of sp³-hybridized carbons (Fsp3) is 0.176. The minimum Gasteiger partial charge on any atom is -0.340 e. The zero-order chi connectivity index (χ0) is 17.0. The summed E-state index contributed by atoms with van der Waals surface area (Å²) in [6.45, 7) is 3.55. The lowest BCUT2D eigenvalue weighted by Crippen LogP contribution is -2.41. The summed E-state index contributed by atoms with van der Waals surface area (Å²) < 4.78 is 0.968. The summed E-state index contributed by atoms with van der Waals surface area (Å²) in [6.07, 6.45) is 0. The lowest BCUT2D eigenvalue weighted by atomic mass is 10.2. The molecule has 1 atom stereocenters. The Hall–Kier alpha value is -1.85. The van der Waals surface area contributed by atoms with E-state index in [1.54, 1.807) is 37.3 Å². The van der Waals surface area contributed by atoms with Gasteiger partial charge in [-0.1, -0.05) is 39.7 Å². The summed E-state index contributed by atoms with van der Waals surface area (Å²) in [7, 11) is 0. The number of hydrogen-bond acceptors (Lipinski definition) is 2. The summed E-state index contributed by atoms with van der Waals surface area (Å²) in [4.78, 5) is 24.3. The molecule has 6 heteroatoms. The molecule has 120 valence electrons. The quantitative estimate of drug-likeness (QED) is 0.816. The van der Waals surface area contributed by atoms with E-state index in [0.29, 0.717) is 16.3 Å². The molecule has 0 aromatic heterocycles. The number of carbonyl (C=O) groups is 2. The SMILES string of the molecule is Cc1cc(NC(=O)[C@H](C)NC(=O)c2ccccc2Cl)ccc1Br. The Morgan fingerprint density at radius 1 is 1.17 bits per heavy atom. The van der Waals surface area contributed by atoms with Gasteiger partial charge < -0.3 is 10.6 Å². The van der Waals surface area contributed by atoms with Crippen LogP contribution in [0.25, 0.3) is 0 Å². The molecule has 0 aliphatic carbocycles. The minimum absolute atomic E-state index is 0.299. The number of anilines is 1. The van der Waals surface area contributed by atoms with Gasteiger partial charge in [-0.15, -0.1) is 0 Å². The first-order chi connectivity index (χ1) is 10.9. The van der Waals surface area contributed by atoms with Crippen LogP contribution in [0.4, 0.5) is 5.69 Å². The van der Waals surface area contributed by atoms with Gasteiger partial charge in [0.15, 0.2) is 0 Å². The Balaban J connectivity index is 2.01. The largest absolute Gasteiger partial charge is 0.340 e. The van der Waals surface area contributed by atoms with Gasteiger partial charge in [0.2, 0.25) is 5.91 Å². The van der Waals surface area contributed by atoms with Gasteiger partial charge in [-0.3, -0.25) is 9.59 Å². The lowest BCUT2D eigenvalue weighted by Gasteiger charge is -2.15. The topological polar surface area (TPSA) is 58.2 Å². The van der Waals surface area contributed by atoms with E-state index >= 15 is 0 Å². The number of benzene rings is 2. The maximum atomic E-state index is 12.2. The second kappa shape index (κ2) is 7.62. The first-order valence-electron chi connectivity index (χ1n) is 7.01. The maximum Gasteiger partial charge on any atom is 0.253 e. The van der Waals surface area contributed by atoms with Gasteiger partial charge in [-0.25, -0.2) is 0 Å². The average molecular weight is 396 g/mol. The predicted octanol–water partition coefficient (Wildman–Crippen LogP) is 4.17. The normalized spacial score (nSPS) is 11.7. The molecular formula is C17H16BrClN2O2. The van der Waals surface area contributed by atoms with E-state index in [4.69, 9.17) is 11.6 Å². The smallest absolute Gasteiger partial charge is 0.253 e. The Morgan fingerprint density at radius 3 is 2.52 bits per heavy atom. The number of carbonyl (C=O) groups excluding carboxylic acids is 2. The van der Waals surface area contributed by atoms with E-state index < -0.39 is 6.04 Å². The highest BCUT2D eigenvalue weighted by Crippen LogP contribution is 2.20. The van der Waals surface area contributed by atoms with Crippen molar-refractivity contribution in [3.63, 3.8) is 0 Å². The van der Waals surface area contributed by atoms with Crippen LogP contribution in [0.1, 0.15) is 22.8 Å². The van der Waals surface area contributed by atoms with Crippen molar-refractivity contribution in [2.24, 2.45) is 0 Å². The Kier molecular flexibility index (Phi) is 5.80. The molecule has 23 heavy (non-hydrogen) atoms. The first-order valence-corrected chi connectivity index (χ1v) is 8.18. The van der Waals surface area contributed by atoms with Crippen molar-refractivity contribution >= 4 is 45.0 Å². The molecule has 0 fully saturated rings. The second-order valence-corrected chi connectivity index (χ2v) is 6.39. The number of hydrogen-bond donors (Lipinski definition) is 2. The molecule has 2 N–H and O–H groups in total. The van der Waals surface area contributed by atoms with Crippen molar-refractivity contribution in [2.45, 2.75) is 19.9 Å². The van der Waals surface area contributed by atoms with Gasteiger partial charge in [-0.2, -0.15) is 0 Å². The number of nitrogens with one attached hydrogen (secondary N) is 2. The summed E-state index contributed by atoms with van der Waals surface area (Å²) >= 11 is 9.39. The summed E-state index contributed by atoms with van der Waals surface area (Å²) in [5.41, 5.74) is 2.03. The number of aryl methyl sites for hydroxylation is 1. The van der Waals surface area contributed by atoms with Crippen molar-refractivity contribution in [2.75, 3.05) is 5.32 Å². The van der Waals surface area contributed by atoms with E-state index in [0.717, 1.165) is 10.0 Å². The van der Waals surface area contributed by atoms with Gasteiger partial charge in [0.1, 0.15) is 6.04 Å². The van der Waals surface area contributed by atoms with Crippen molar-refractivity contribution in [1.29, 1.82) is 0 Å². The highest BCUT2D eigenvalue weighted by atomic mass is 79.9. The molecule has 2 aromatic carbocycles. The minimum atomic E-state index is -0.692. The number of amides is 2. The van der Waals surface area contributed by atoms with Crippen LogP contribution in [0.5, 0.6) is 0 Å². The van der Waals surface area contributed by atoms with Gasteiger partial charge in [0.25, 0.3) is 5.91 Å². The van der Waals surface area contributed by atoms with Gasteiger partial charge in [-0.05, 0) is 49.7 Å². The molecule has 4 nitrogen and oxygen atoms in total. The Morgan fingerprint density at radius 2 is 1.87 bits per heavy atom. The molecule has 2 aromatic rings. The van der Waals surface area contributed by atoms with E-state index in [1.807, 2.05) is 19.1 Å². The molecule has 0 radical (unpaired) electrons. The van der Waals surface area contributed by atoms with E-state index in [1.165, 1.54) is 0 Å². The highest BCUT2D eigenvalue weighted by molar-refractivity contribution is 9.10. The third-order valence-corrected chi connectivity index (χ3v) is 4.50. The first kappa shape index (κ1) is 17.5.